The molecule has 0 aliphatic carbocycles. The predicted octanol–water partition coefficient (Wildman–Crippen LogP) is 1.93. The van der Waals surface area contributed by atoms with E-state index < -0.39 is 35.6 Å². The third kappa shape index (κ3) is 2.78. The van der Waals surface area contributed by atoms with Gasteiger partial charge in [-0.2, -0.15) is 4.68 Å². The summed E-state index contributed by atoms with van der Waals surface area (Å²) < 4.78 is 7.73. The molecule has 2 fully saturated rings. The lowest BCUT2D eigenvalue weighted by Crippen LogP contribution is -2.39. The second-order valence-electron chi connectivity index (χ2n) is 8.75. The molecular formula is C24H21N5O4. The molecule has 0 unspecified atom stereocenters. The minimum atomic E-state index is -1.02. The number of benzene rings is 2. The van der Waals surface area contributed by atoms with Crippen molar-refractivity contribution in [3.8, 4) is 5.69 Å². The van der Waals surface area contributed by atoms with E-state index in [1.54, 1.807) is 15.7 Å². The van der Waals surface area contributed by atoms with Crippen LogP contribution in [-0.4, -0.2) is 60.3 Å². The van der Waals surface area contributed by atoms with E-state index in [9.17, 15) is 14.7 Å². The van der Waals surface area contributed by atoms with Crippen molar-refractivity contribution in [2.45, 2.75) is 24.7 Å². The molecule has 3 aliphatic rings. The maximum absolute atomic E-state index is 13.8. The fourth-order valence-corrected chi connectivity index (χ4v) is 5.47. The van der Waals surface area contributed by atoms with Crippen molar-refractivity contribution in [2.75, 3.05) is 6.54 Å². The molecule has 9 heteroatoms. The smallest absolute Gasteiger partial charge is 0.310 e. The van der Waals surface area contributed by atoms with E-state index in [4.69, 9.17) is 4.74 Å². The lowest BCUT2D eigenvalue weighted by atomic mass is 9.77. The van der Waals surface area contributed by atoms with Gasteiger partial charge >= 0.3 is 5.97 Å². The van der Waals surface area contributed by atoms with Gasteiger partial charge in [0.15, 0.2) is 5.82 Å². The molecule has 3 aliphatic heterocycles. The Kier molecular flexibility index (Phi) is 4.25. The van der Waals surface area contributed by atoms with Crippen molar-refractivity contribution in [1.82, 2.24) is 25.1 Å². The van der Waals surface area contributed by atoms with E-state index in [2.05, 4.69) is 15.5 Å². The molecule has 2 saturated heterocycles. The molecule has 33 heavy (non-hydrogen) atoms. The number of aryl methyl sites for hydroxylation is 1. The molecule has 9 nitrogen and oxygen atoms in total. The summed E-state index contributed by atoms with van der Waals surface area (Å²) in [5, 5.41) is 22.3. The van der Waals surface area contributed by atoms with Crippen molar-refractivity contribution in [2.24, 2.45) is 11.8 Å². The molecule has 1 spiro atoms. The molecule has 0 radical (unpaired) electrons. The number of carbonyl (C=O) groups is 2. The molecule has 4 heterocycles. The monoisotopic (exact) mass is 443 g/mol. The van der Waals surface area contributed by atoms with Crippen molar-refractivity contribution < 1.29 is 19.4 Å². The first-order chi connectivity index (χ1) is 16.0. The summed E-state index contributed by atoms with van der Waals surface area (Å²) in [6, 6.07) is 16.7. The van der Waals surface area contributed by atoms with Crippen LogP contribution in [-0.2, 0) is 14.3 Å². The minimum Gasteiger partial charge on any atom is -0.481 e. The molecule has 1 N–H and O–H groups in total. The Morgan fingerprint density at radius 2 is 1.94 bits per heavy atom. The van der Waals surface area contributed by atoms with Gasteiger partial charge in [0.05, 0.1) is 24.3 Å². The number of likely N-dealkylation sites (tertiary alicyclic amines) is 1. The Hall–Kier alpha value is -3.85. The third-order valence-corrected chi connectivity index (χ3v) is 6.92. The van der Waals surface area contributed by atoms with E-state index in [1.165, 1.54) is 0 Å². The van der Waals surface area contributed by atoms with Gasteiger partial charge in [-0.05, 0) is 34.5 Å². The third-order valence-electron chi connectivity index (χ3n) is 6.92. The zero-order chi connectivity index (χ0) is 22.7. The topological polar surface area (TPSA) is 110 Å². The van der Waals surface area contributed by atoms with E-state index in [0.717, 1.165) is 16.8 Å². The first-order valence-electron chi connectivity index (χ1n) is 10.8. The lowest BCUT2D eigenvalue weighted by Gasteiger charge is -2.29. The van der Waals surface area contributed by atoms with Crippen molar-refractivity contribution in [3.63, 3.8) is 0 Å². The molecule has 6 rings (SSSR count). The number of nitrogens with zero attached hydrogens (tertiary/aromatic N) is 5. The van der Waals surface area contributed by atoms with Crippen LogP contribution >= 0.6 is 0 Å². The van der Waals surface area contributed by atoms with Crippen LogP contribution in [0.3, 0.4) is 0 Å². The van der Waals surface area contributed by atoms with Gasteiger partial charge in [0, 0.05) is 0 Å². The van der Waals surface area contributed by atoms with Gasteiger partial charge in [-0.1, -0.05) is 60.7 Å². The van der Waals surface area contributed by atoms with Gasteiger partial charge in [-0.3, -0.25) is 9.59 Å². The number of hydrogen-bond acceptors (Lipinski definition) is 6. The van der Waals surface area contributed by atoms with Crippen LogP contribution in [0.5, 0.6) is 0 Å². The SMILES string of the molecule is Cc1ccccc1-n1nnnc1[C@@H](c1ccccc1)N1C[C@@]23C=C[C@@H](O2)[C@H](C(=O)O)[C@@H]3C1=O. The average molecular weight is 443 g/mol. The van der Waals surface area contributed by atoms with Crippen molar-refractivity contribution >= 4 is 11.9 Å². The number of fused-ring (bicyclic) bond motifs is 1. The number of tetrazole rings is 1. The molecule has 1 amide bonds. The number of ether oxygens (including phenoxy) is 1. The number of rotatable bonds is 5. The molecule has 1 aromatic heterocycles. The number of para-hydroxylation sites is 1. The molecule has 3 aromatic rings. The molecule has 2 aromatic carbocycles. The lowest BCUT2D eigenvalue weighted by molar-refractivity contribution is -0.148. The van der Waals surface area contributed by atoms with Crippen LogP contribution in [0.4, 0.5) is 0 Å². The number of carboxylic acid groups (broad SMARTS) is 1. The zero-order valence-corrected chi connectivity index (χ0v) is 17.8. The first kappa shape index (κ1) is 19.8. The second-order valence-corrected chi connectivity index (χ2v) is 8.75. The number of carbonyl (C=O) groups excluding carboxylic acids is 1. The highest BCUT2D eigenvalue weighted by molar-refractivity contribution is 5.91. The largest absolute Gasteiger partial charge is 0.481 e. The predicted molar refractivity (Wildman–Crippen MR) is 115 cm³/mol. The van der Waals surface area contributed by atoms with Gasteiger partial charge in [0.1, 0.15) is 17.6 Å². The van der Waals surface area contributed by atoms with Crippen LogP contribution in [0.25, 0.3) is 5.69 Å². The Bertz CT molecular complexity index is 1290. The maximum atomic E-state index is 13.8. The Balaban J connectivity index is 1.49. The van der Waals surface area contributed by atoms with Gasteiger partial charge in [-0.15, -0.1) is 5.10 Å². The molecule has 5 atom stereocenters. The summed E-state index contributed by atoms with van der Waals surface area (Å²) in [6.45, 7) is 2.20. The van der Waals surface area contributed by atoms with E-state index >= 15 is 0 Å². The Labute approximate surface area is 189 Å². The summed E-state index contributed by atoms with van der Waals surface area (Å²) in [6.07, 6.45) is 3.04. The highest BCUT2D eigenvalue weighted by Crippen LogP contribution is 2.53. The second kappa shape index (κ2) is 7.08. The van der Waals surface area contributed by atoms with Gasteiger partial charge in [-0.25, -0.2) is 0 Å². The number of carboxylic acids is 1. The van der Waals surface area contributed by atoms with Crippen LogP contribution in [0, 0.1) is 18.8 Å². The standard InChI is InChI=1S/C24H21N5O4/c1-14-7-5-6-10-16(14)29-21(25-26-27-29)20(15-8-3-2-4-9-15)28-13-24-12-11-17(33-24)18(23(31)32)19(24)22(28)30/h2-12,17-20H,13H2,1H3,(H,31,32)/t17-,18+,19-,20-,24-/m1/s1. The van der Waals surface area contributed by atoms with E-state index in [0.29, 0.717) is 5.82 Å². The number of aromatic nitrogens is 4. The van der Waals surface area contributed by atoms with Crippen molar-refractivity contribution in [1.29, 1.82) is 0 Å². The molecule has 0 saturated carbocycles. The van der Waals surface area contributed by atoms with Crippen molar-refractivity contribution in [3.05, 3.63) is 83.7 Å². The number of aliphatic carboxylic acids is 1. The Morgan fingerprint density at radius 3 is 2.70 bits per heavy atom. The quantitative estimate of drug-likeness (QED) is 0.600. The van der Waals surface area contributed by atoms with Crippen LogP contribution in [0.1, 0.15) is 23.0 Å². The number of amides is 1. The van der Waals surface area contributed by atoms with Crippen LogP contribution < -0.4 is 0 Å². The summed E-state index contributed by atoms with van der Waals surface area (Å²) in [5.41, 5.74) is 1.68. The van der Waals surface area contributed by atoms with E-state index in [1.807, 2.05) is 67.6 Å². The highest BCUT2D eigenvalue weighted by atomic mass is 16.5. The minimum absolute atomic E-state index is 0.230. The van der Waals surface area contributed by atoms with Crippen LogP contribution in [0.2, 0.25) is 0 Å². The normalized spacial score (nSPS) is 28.3. The summed E-state index contributed by atoms with van der Waals surface area (Å²) in [7, 11) is 0. The Morgan fingerprint density at radius 1 is 1.18 bits per heavy atom. The van der Waals surface area contributed by atoms with Gasteiger partial charge in [0.25, 0.3) is 0 Å². The zero-order valence-electron chi connectivity index (χ0n) is 17.8. The fraction of sp³-hybridized carbons (Fsp3) is 0.292. The summed E-state index contributed by atoms with van der Waals surface area (Å²) in [4.78, 5) is 27.5. The fourth-order valence-electron chi connectivity index (χ4n) is 5.47. The van der Waals surface area contributed by atoms with E-state index in [-0.39, 0.29) is 12.5 Å². The van der Waals surface area contributed by atoms with Crippen LogP contribution in [0.15, 0.2) is 66.7 Å². The summed E-state index contributed by atoms with van der Waals surface area (Å²) >= 11 is 0. The highest BCUT2D eigenvalue weighted by Gasteiger charge is 2.68. The average Bonchev–Trinajstić information content (AvgIpc) is 3.57. The maximum Gasteiger partial charge on any atom is 0.310 e. The molecule has 2 bridgehead atoms. The van der Waals surface area contributed by atoms with Gasteiger partial charge < -0.3 is 14.7 Å². The number of hydrogen-bond donors (Lipinski definition) is 1. The molecule has 166 valence electrons. The molecular weight excluding hydrogens is 422 g/mol. The van der Waals surface area contributed by atoms with Gasteiger partial charge in [0.2, 0.25) is 5.91 Å². The summed E-state index contributed by atoms with van der Waals surface area (Å²) in [5.74, 6) is -2.49. The first-order valence-corrected chi connectivity index (χ1v) is 10.8.